The zero-order valence-electron chi connectivity index (χ0n) is 12.0. The van der Waals surface area contributed by atoms with E-state index >= 15 is 0 Å². The van der Waals surface area contributed by atoms with Crippen LogP contribution in [0.3, 0.4) is 0 Å². The number of hydrogen-bond donors (Lipinski definition) is 1. The minimum atomic E-state index is -0.372. The van der Waals surface area contributed by atoms with Gasteiger partial charge in [0.05, 0.1) is 0 Å². The van der Waals surface area contributed by atoms with Gasteiger partial charge in [0.25, 0.3) is 0 Å². The Labute approximate surface area is 129 Å². The Morgan fingerprint density at radius 2 is 1.86 bits per heavy atom. The number of halogens is 2. The Balaban J connectivity index is 2.17. The third kappa shape index (κ3) is 4.19. The molecule has 2 aromatic carbocycles. The summed E-state index contributed by atoms with van der Waals surface area (Å²) in [7, 11) is 0. The van der Waals surface area contributed by atoms with Crippen LogP contribution in [0.15, 0.2) is 42.5 Å². The molecule has 1 atom stereocenters. The van der Waals surface area contributed by atoms with Crippen LogP contribution in [0, 0.1) is 5.82 Å². The minimum absolute atomic E-state index is 0.00513. The Bertz CT molecular complexity index is 603. The normalized spacial score (nSPS) is 12.2. The van der Waals surface area contributed by atoms with E-state index in [0.717, 1.165) is 17.5 Å². The van der Waals surface area contributed by atoms with Crippen LogP contribution in [0.25, 0.3) is 0 Å². The van der Waals surface area contributed by atoms with E-state index in [0.29, 0.717) is 11.4 Å². The summed E-state index contributed by atoms with van der Waals surface area (Å²) in [5.74, 6) is -0.107. The molecule has 2 rings (SSSR count). The molecule has 1 unspecified atom stereocenters. The van der Waals surface area contributed by atoms with Crippen molar-refractivity contribution < 1.29 is 9.13 Å². The summed E-state index contributed by atoms with van der Waals surface area (Å²) in [6, 6.07) is 12.3. The van der Waals surface area contributed by atoms with E-state index in [9.17, 15) is 4.39 Å². The SMILES string of the molecule is CCC(N)Cc1cccc(F)c1OCc1ccccc1Cl. The van der Waals surface area contributed by atoms with Crippen molar-refractivity contribution in [2.45, 2.75) is 32.4 Å². The molecule has 2 aromatic rings. The zero-order valence-corrected chi connectivity index (χ0v) is 12.7. The average molecular weight is 308 g/mol. The molecule has 0 radical (unpaired) electrons. The first-order valence-electron chi connectivity index (χ1n) is 7.01. The van der Waals surface area contributed by atoms with Crippen LogP contribution in [0.4, 0.5) is 4.39 Å². The lowest BCUT2D eigenvalue weighted by Crippen LogP contribution is -2.22. The number of para-hydroxylation sites is 1. The molecule has 0 amide bonds. The van der Waals surface area contributed by atoms with E-state index in [1.54, 1.807) is 12.1 Å². The molecule has 0 aliphatic heterocycles. The lowest BCUT2D eigenvalue weighted by molar-refractivity contribution is 0.286. The summed E-state index contributed by atoms with van der Waals surface area (Å²) in [5.41, 5.74) is 7.57. The van der Waals surface area contributed by atoms with Gasteiger partial charge in [-0.05, 0) is 30.5 Å². The Hall–Kier alpha value is -1.58. The second-order valence-corrected chi connectivity index (χ2v) is 5.39. The fourth-order valence-corrected chi connectivity index (χ4v) is 2.26. The molecule has 2 N–H and O–H groups in total. The largest absolute Gasteiger partial charge is 0.485 e. The predicted octanol–water partition coefficient (Wildman–Crippen LogP) is 4.34. The highest BCUT2D eigenvalue weighted by Gasteiger charge is 2.13. The highest BCUT2D eigenvalue weighted by atomic mass is 35.5. The number of benzene rings is 2. The first-order chi connectivity index (χ1) is 10.1. The first-order valence-corrected chi connectivity index (χ1v) is 7.38. The quantitative estimate of drug-likeness (QED) is 0.861. The van der Waals surface area contributed by atoms with Gasteiger partial charge in [0.1, 0.15) is 6.61 Å². The molecular weight excluding hydrogens is 289 g/mol. The van der Waals surface area contributed by atoms with Gasteiger partial charge < -0.3 is 10.5 Å². The smallest absolute Gasteiger partial charge is 0.165 e. The molecule has 0 fully saturated rings. The standard InChI is InChI=1S/C17H19ClFNO/c1-2-14(20)10-12-7-5-9-16(19)17(12)21-11-13-6-3-4-8-15(13)18/h3-9,14H,2,10-11,20H2,1H3. The van der Waals surface area contributed by atoms with Gasteiger partial charge in [0, 0.05) is 16.6 Å². The molecule has 0 aliphatic rings. The van der Waals surface area contributed by atoms with Crippen LogP contribution in [0.1, 0.15) is 24.5 Å². The molecule has 0 saturated carbocycles. The van der Waals surface area contributed by atoms with Crippen LogP contribution in [-0.2, 0) is 13.0 Å². The molecule has 0 heterocycles. The molecule has 112 valence electrons. The second-order valence-electron chi connectivity index (χ2n) is 4.98. The summed E-state index contributed by atoms with van der Waals surface area (Å²) in [6.07, 6.45) is 1.42. The van der Waals surface area contributed by atoms with E-state index in [1.165, 1.54) is 6.07 Å². The van der Waals surface area contributed by atoms with Crippen molar-refractivity contribution in [3.05, 3.63) is 64.4 Å². The van der Waals surface area contributed by atoms with Gasteiger partial charge in [-0.1, -0.05) is 48.9 Å². The predicted molar refractivity (Wildman–Crippen MR) is 84.2 cm³/mol. The minimum Gasteiger partial charge on any atom is -0.485 e. The second kappa shape index (κ2) is 7.43. The number of hydrogen-bond acceptors (Lipinski definition) is 2. The molecule has 2 nitrogen and oxygen atoms in total. The van der Waals surface area contributed by atoms with E-state index in [4.69, 9.17) is 22.1 Å². The molecule has 21 heavy (non-hydrogen) atoms. The highest BCUT2D eigenvalue weighted by molar-refractivity contribution is 6.31. The van der Waals surface area contributed by atoms with Crippen molar-refractivity contribution in [1.29, 1.82) is 0 Å². The topological polar surface area (TPSA) is 35.2 Å². The molecule has 0 saturated heterocycles. The number of rotatable bonds is 6. The van der Waals surface area contributed by atoms with Crippen molar-refractivity contribution >= 4 is 11.6 Å². The average Bonchev–Trinajstić information content (AvgIpc) is 2.48. The molecule has 0 spiro atoms. The van der Waals surface area contributed by atoms with Gasteiger partial charge in [0.15, 0.2) is 11.6 Å². The van der Waals surface area contributed by atoms with Crippen molar-refractivity contribution in [3.63, 3.8) is 0 Å². The fourth-order valence-electron chi connectivity index (χ4n) is 2.07. The van der Waals surface area contributed by atoms with Crippen LogP contribution in [-0.4, -0.2) is 6.04 Å². The van der Waals surface area contributed by atoms with Crippen molar-refractivity contribution in [1.82, 2.24) is 0 Å². The number of ether oxygens (including phenoxy) is 1. The summed E-state index contributed by atoms with van der Waals surface area (Å²) in [6.45, 7) is 2.24. The Kier molecular flexibility index (Phi) is 5.59. The van der Waals surface area contributed by atoms with Crippen LogP contribution < -0.4 is 10.5 Å². The van der Waals surface area contributed by atoms with Gasteiger partial charge >= 0.3 is 0 Å². The van der Waals surface area contributed by atoms with Gasteiger partial charge in [-0.2, -0.15) is 0 Å². The zero-order chi connectivity index (χ0) is 15.2. The molecule has 0 aliphatic carbocycles. The van der Waals surface area contributed by atoms with Gasteiger partial charge in [-0.25, -0.2) is 4.39 Å². The van der Waals surface area contributed by atoms with Gasteiger partial charge in [-0.15, -0.1) is 0 Å². The van der Waals surface area contributed by atoms with Crippen LogP contribution in [0.5, 0.6) is 5.75 Å². The van der Waals surface area contributed by atoms with E-state index < -0.39 is 0 Å². The third-order valence-electron chi connectivity index (χ3n) is 3.38. The lowest BCUT2D eigenvalue weighted by atomic mass is 10.0. The van der Waals surface area contributed by atoms with Crippen LogP contribution >= 0.6 is 11.6 Å². The summed E-state index contributed by atoms with van der Waals surface area (Å²) < 4.78 is 19.7. The van der Waals surface area contributed by atoms with E-state index in [1.807, 2.05) is 31.2 Å². The maximum Gasteiger partial charge on any atom is 0.165 e. The number of nitrogens with two attached hydrogens (primary N) is 1. The van der Waals surface area contributed by atoms with Crippen LogP contribution in [0.2, 0.25) is 5.02 Å². The molecule has 0 aromatic heterocycles. The summed E-state index contributed by atoms with van der Waals surface area (Å²) >= 11 is 6.08. The summed E-state index contributed by atoms with van der Waals surface area (Å²) in [5, 5.41) is 0.612. The Morgan fingerprint density at radius 1 is 1.14 bits per heavy atom. The van der Waals surface area contributed by atoms with E-state index in [2.05, 4.69) is 0 Å². The third-order valence-corrected chi connectivity index (χ3v) is 3.75. The van der Waals surface area contributed by atoms with Crippen molar-refractivity contribution in [3.8, 4) is 5.75 Å². The maximum absolute atomic E-state index is 14.0. The molecular formula is C17H19ClFNO. The summed E-state index contributed by atoms with van der Waals surface area (Å²) in [4.78, 5) is 0. The Morgan fingerprint density at radius 3 is 2.57 bits per heavy atom. The van der Waals surface area contributed by atoms with Gasteiger partial charge in [0.2, 0.25) is 0 Å². The van der Waals surface area contributed by atoms with Crippen molar-refractivity contribution in [2.75, 3.05) is 0 Å². The van der Waals surface area contributed by atoms with E-state index in [-0.39, 0.29) is 24.2 Å². The maximum atomic E-state index is 14.0. The van der Waals surface area contributed by atoms with Gasteiger partial charge in [-0.3, -0.25) is 0 Å². The highest BCUT2D eigenvalue weighted by Crippen LogP contribution is 2.26. The fraction of sp³-hybridized carbons (Fsp3) is 0.294. The first kappa shape index (κ1) is 15.8. The monoisotopic (exact) mass is 307 g/mol. The van der Waals surface area contributed by atoms with Crippen molar-refractivity contribution in [2.24, 2.45) is 5.73 Å². The molecule has 4 heteroatoms. The molecule has 0 bridgehead atoms. The lowest BCUT2D eigenvalue weighted by Gasteiger charge is -2.15.